The van der Waals surface area contributed by atoms with E-state index in [4.69, 9.17) is 0 Å². The van der Waals surface area contributed by atoms with Crippen LogP contribution in [0.5, 0.6) is 0 Å². The Morgan fingerprint density at radius 1 is 1.30 bits per heavy atom. The normalized spacial score (nSPS) is 11.7. The number of halogens is 3. The Bertz CT molecular complexity index is 755. The van der Waals surface area contributed by atoms with Gasteiger partial charge < -0.3 is 4.57 Å². The number of benzene rings is 1. The lowest BCUT2D eigenvalue weighted by Gasteiger charge is -2.07. The fourth-order valence-corrected chi connectivity index (χ4v) is 2.87. The van der Waals surface area contributed by atoms with E-state index in [0.717, 1.165) is 12.1 Å². The van der Waals surface area contributed by atoms with Gasteiger partial charge in [0.15, 0.2) is 5.03 Å². The van der Waals surface area contributed by atoms with Crippen molar-refractivity contribution in [3.8, 4) is 0 Å². The van der Waals surface area contributed by atoms with Crippen molar-refractivity contribution in [1.82, 2.24) is 9.55 Å². The van der Waals surface area contributed by atoms with E-state index in [1.54, 1.807) is 14.0 Å². The molecule has 0 unspecified atom stereocenters. The highest BCUT2D eigenvalue weighted by Crippen LogP contribution is 2.25. The number of hydrogen-bond acceptors (Lipinski definition) is 3. The first kappa shape index (κ1) is 14.9. The molecule has 1 N–H and O–H groups in total. The predicted octanol–water partition coefficient (Wildman–Crippen LogP) is 2.57. The molecule has 0 radical (unpaired) electrons. The fraction of sp³-hybridized carbons (Fsp3) is 0.182. The van der Waals surface area contributed by atoms with Crippen LogP contribution in [-0.4, -0.2) is 18.0 Å². The molecule has 0 bridgehead atoms. The lowest BCUT2D eigenvalue weighted by molar-refractivity contribution is 0.590. The van der Waals surface area contributed by atoms with Crippen molar-refractivity contribution in [2.75, 3.05) is 4.72 Å². The van der Waals surface area contributed by atoms with Crippen LogP contribution in [0.4, 0.5) is 14.5 Å². The van der Waals surface area contributed by atoms with Crippen molar-refractivity contribution >= 4 is 31.6 Å². The van der Waals surface area contributed by atoms with Crippen LogP contribution in [0.1, 0.15) is 5.82 Å². The molecule has 0 saturated carbocycles. The number of hydrogen-bond donors (Lipinski definition) is 1. The van der Waals surface area contributed by atoms with Crippen LogP contribution in [0, 0.1) is 18.6 Å². The SMILES string of the molecule is Cc1nc(S(=O)(=O)Nc2cc(F)c(Br)cc2F)cn1C. The van der Waals surface area contributed by atoms with Gasteiger partial charge in [0, 0.05) is 19.3 Å². The van der Waals surface area contributed by atoms with Crippen molar-refractivity contribution in [3.05, 3.63) is 40.3 Å². The molecule has 0 aliphatic rings. The van der Waals surface area contributed by atoms with Crippen LogP contribution in [0.25, 0.3) is 0 Å². The van der Waals surface area contributed by atoms with Gasteiger partial charge >= 0.3 is 0 Å². The molecule has 0 aliphatic heterocycles. The van der Waals surface area contributed by atoms with E-state index in [2.05, 4.69) is 20.9 Å². The molecular formula is C11H10BrF2N3O2S. The summed E-state index contributed by atoms with van der Waals surface area (Å²) in [6.45, 7) is 1.62. The summed E-state index contributed by atoms with van der Waals surface area (Å²) in [5.41, 5.74) is -0.478. The van der Waals surface area contributed by atoms with E-state index >= 15 is 0 Å². The minimum Gasteiger partial charge on any atom is -0.337 e. The van der Waals surface area contributed by atoms with Gasteiger partial charge in [0.05, 0.1) is 10.2 Å². The molecule has 5 nitrogen and oxygen atoms in total. The Morgan fingerprint density at radius 3 is 2.50 bits per heavy atom. The zero-order chi connectivity index (χ0) is 15.1. The molecule has 2 rings (SSSR count). The summed E-state index contributed by atoms with van der Waals surface area (Å²) in [7, 11) is -2.44. The van der Waals surface area contributed by atoms with Gasteiger partial charge in [0.1, 0.15) is 17.5 Å². The zero-order valence-corrected chi connectivity index (χ0v) is 12.9. The molecule has 0 saturated heterocycles. The topological polar surface area (TPSA) is 64.0 Å². The van der Waals surface area contributed by atoms with E-state index < -0.39 is 27.3 Å². The Kier molecular flexibility index (Phi) is 3.83. The van der Waals surface area contributed by atoms with Crippen molar-refractivity contribution in [3.63, 3.8) is 0 Å². The quantitative estimate of drug-likeness (QED) is 0.850. The summed E-state index contributed by atoms with van der Waals surface area (Å²) in [6, 6.07) is 1.60. The summed E-state index contributed by atoms with van der Waals surface area (Å²) < 4.78 is 54.4. The highest BCUT2D eigenvalue weighted by molar-refractivity contribution is 9.10. The monoisotopic (exact) mass is 365 g/mol. The van der Waals surface area contributed by atoms with E-state index in [9.17, 15) is 17.2 Å². The van der Waals surface area contributed by atoms with Crippen LogP contribution < -0.4 is 4.72 Å². The lowest BCUT2D eigenvalue weighted by atomic mass is 10.3. The molecule has 9 heteroatoms. The second kappa shape index (κ2) is 5.13. The minimum absolute atomic E-state index is 0.0911. The van der Waals surface area contributed by atoms with Crippen molar-refractivity contribution in [2.45, 2.75) is 11.9 Å². The Morgan fingerprint density at radius 2 is 1.95 bits per heavy atom. The largest absolute Gasteiger partial charge is 0.337 e. The highest BCUT2D eigenvalue weighted by atomic mass is 79.9. The number of nitrogens with one attached hydrogen (secondary N) is 1. The number of aryl methyl sites for hydroxylation is 2. The van der Waals surface area contributed by atoms with Crippen molar-refractivity contribution < 1.29 is 17.2 Å². The van der Waals surface area contributed by atoms with Gasteiger partial charge in [-0.3, -0.25) is 4.72 Å². The molecule has 1 aromatic carbocycles. The van der Waals surface area contributed by atoms with Crippen LogP contribution >= 0.6 is 15.9 Å². The smallest absolute Gasteiger partial charge is 0.281 e. The summed E-state index contributed by atoms with van der Waals surface area (Å²) in [5.74, 6) is -1.19. The standard InChI is InChI=1S/C11H10BrF2N3O2S/c1-6-15-11(5-17(6)2)20(18,19)16-10-4-8(13)7(12)3-9(10)14/h3-5,16H,1-2H3. The van der Waals surface area contributed by atoms with Gasteiger partial charge in [0.25, 0.3) is 10.0 Å². The first-order valence-electron chi connectivity index (χ1n) is 5.38. The maximum Gasteiger partial charge on any atom is 0.281 e. The summed E-state index contributed by atoms with van der Waals surface area (Å²) in [6.07, 6.45) is 1.28. The maximum atomic E-state index is 13.6. The molecule has 0 spiro atoms. The van der Waals surface area contributed by atoms with Crippen molar-refractivity contribution in [2.24, 2.45) is 7.05 Å². The van der Waals surface area contributed by atoms with Crippen LogP contribution in [0.15, 0.2) is 27.8 Å². The Hall–Kier alpha value is -1.48. The molecule has 0 amide bonds. The first-order chi connectivity index (χ1) is 9.20. The van der Waals surface area contributed by atoms with Crippen molar-refractivity contribution in [1.29, 1.82) is 0 Å². The summed E-state index contributed by atoms with van der Waals surface area (Å²) >= 11 is 2.81. The van der Waals surface area contributed by atoms with Gasteiger partial charge in [-0.1, -0.05) is 0 Å². The van der Waals surface area contributed by atoms with Gasteiger partial charge in [0.2, 0.25) is 0 Å². The third kappa shape index (κ3) is 2.83. The van der Waals surface area contributed by atoms with Gasteiger partial charge in [-0.25, -0.2) is 13.8 Å². The van der Waals surface area contributed by atoms with Crippen LogP contribution in [-0.2, 0) is 17.1 Å². The van der Waals surface area contributed by atoms with Crippen LogP contribution in [0.2, 0.25) is 0 Å². The molecule has 1 aromatic heterocycles. The average molecular weight is 366 g/mol. The zero-order valence-electron chi connectivity index (χ0n) is 10.5. The highest BCUT2D eigenvalue weighted by Gasteiger charge is 2.21. The van der Waals surface area contributed by atoms with E-state index in [1.165, 1.54) is 10.8 Å². The minimum atomic E-state index is -4.07. The molecule has 108 valence electrons. The molecule has 0 aliphatic carbocycles. The number of rotatable bonds is 3. The molecule has 1 heterocycles. The number of anilines is 1. The van der Waals surface area contributed by atoms with Gasteiger partial charge in [-0.2, -0.15) is 8.42 Å². The molecule has 0 fully saturated rings. The summed E-state index contributed by atoms with van der Waals surface area (Å²) in [4.78, 5) is 3.83. The average Bonchev–Trinajstić information content (AvgIpc) is 2.67. The summed E-state index contributed by atoms with van der Waals surface area (Å²) in [5, 5.41) is -0.264. The van der Waals surface area contributed by atoms with Gasteiger partial charge in [-0.15, -0.1) is 0 Å². The Balaban J connectivity index is 2.40. The lowest BCUT2D eigenvalue weighted by Crippen LogP contribution is -2.14. The Labute approximate surface area is 122 Å². The molecule has 2 aromatic rings. The molecule has 20 heavy (non-hydrogen) atoms. The molecule has 0 atom stereocenters. The van der Waals surface area contributed by atoms with Crippen LogP contribution in [0.3, 0.4) is 0 Å². The van der Waals surface area contributed by atoms with E-state index in [1.807, 2.05) is 4.72 Å². The third-order valence-corrected chi connectivity index (χ3v) is 4.46. The maximum absolute atomic E-state index is 13.6. The number of aromatic nitrogens is 2. The number of imidazole rings is 1. The second-order valence-electron chi connectivity index (χ2n) is 4.09. The second-order valence-corrected chi connectivity index (χ2v) is 6.57. The van der Waals surface area contributed by atoms with E-state index in [0.29, 0.717) is 5.82 Å². The number of sulfonamides is 1. The fourth-order valence-electron chi connectivity index (χ4n) is 1.45. The predicted molar refractivity (Wildman–Crippen MR) is 72.8 cm³/mol. The number of nitrogens with zero attached hydrogens (tertiary/aromatic N) is 2. The first-order valence-corrected chi connectivity index (χ1v) is 7.65. The van der Waals surface area contributed by atoms with Gasteiger partial charge in [-0.05, 0) is 28.9 Å². The van der Waals surface area contributed by atoms with E-state index in [-0.39, 0.29) is 9.50 Å². The third-order valence-electron chi connectivity index (χ3n) is 2.62. The molecular weight excluding hydrogens is 356 g/mol.